The molecule has 0 spiro atoms. The van der Waals surface area contributed by atoms with E-state index < -0.39 is 59.5 Å². The molecule has 0 fully saturated rings. The quantitative estimate of drug-likeness (QED) is 0.114. The van der Waals surface area contributed by atoms with Crippen LogP contribution in [0.5, 0.6) is 0 Å². The predicted molar refractivity (Wildman–Crippen MR) is 174 cm³/mol. The first-order chi connectivity index (χ1) is 23.1. The van der Waals surface area contributed by atoms with E-state index in [4.69, 9.17) is 16.2 Å². The van der Waals surface area contributed by atoms with Crippen molar-refractivity contribution in [1.29, 1.82) is 0 Å². The van der Waals surface area contributed by atoms with E-state index in [1.54, 1.807) is 4.98 Å². The molecular formula is C33H40FN7O7. The third-order valence-corrected chi connectivity index (χ3v) is 8.08. The minimum atomic E-state index is -1.20. The Morgan fingerprint density at radius 1 is 0.896 bits per heavy atom. The summed E-state index contributed by atoms with van der Waals surface area (Å²) in [5.41, 5.74) is 13.3. The van der Waals surface area contributed by atoms with Gasteiger partial charge in [0.05, 0.1) is 6.20 Å². The second kappa shape index (κ2) is 17.0. The fourth-order valence-electron chi connectivity index (χ4n) is 5.61. The van der Waals surface area contributed by atoms with Gasteiger partial charge in [0, 0.05) is 12.5 Å². The number of rotatable bonds is 17. The minimum Gasteiger partial charge on any atom is -0.449 e. The lowest BCUT2D eigenvalue weighted by atomic mass is 9.98. The Balaban J connectivity index is 1.27. The molecule has 0 saturated carbocycles. The molecule has 0 aliphatic heterocycles. The number of primary amides is 1. The van der Waals surface area contributed by atoms with Gasteiger partial charge in [0.15, 0.2) is 0 Å². The number of carbonyl (C=O) groups excluding carboxylic acids is 4. The second-order valence-corrected chi connectivity index (χ2v) is 11.5. The summed E-state index contributed by atoms with van der Waals surface area (Å²) in [4.78, 5) is 75.1. The zero-order valence-corrected chi connectivity index (χ0v) is 26.3. The maximum Gasteiger partial charge on any atom is 0.407 e. The summed E-state index contributed by atoms with van der Waals surface area (Å²) < 4.78 is 19.8. The number of aromatic nitrogens is 2. The van der Waals surface area contributed by atoms with Crippen LogP contribution in [0.2, 0.25) is 0 Å². The minimum absolute atomic E-state index is 0.0654. The zero-order valence-electron chi connectivity index (χ0n) is 26.3. The summed E-state index contributed by atoms with van der Waals surface area (Å²) in [6.45, 7) is 0.118. The molecule has 4 amide bonds. The molecular weight excluding hydrogens is 625 g/mol. The molecule has 48 heavy (non-hydrogen) atoms. The molecule has 1 aliphatic carbocycles. The van der Waals surface area contributed by atoms with Crippen LogP contribution in [-0.4, -0.2) is 65.1 Å². The molecule has 14 nitrogen and oxygen atoms in total. The van der Waals surface area contributed by atoms with Gasteiger partial charge in [-0.15, -0.1) is 0 Å². The Hall–Kier alpha value is -5.31. The van der Waals surface area contributed by atoms with Gasteiger partial charge >= 0.3 is 11.8 Å². The van der Waals surface area contributed by atoms with Crippen molar-refractivity contribution in [2.45, 2.75) is 63.1 Å². The number of ether oxygens (including phenoxy) is 1. The summed E-state index contributed by atoms with van der Waals surface area (Å²) in [6, 6.07) is 13.8. The molecule has 2 atom stereocenters. The van der Waals surface area contributed by atoms with E-state index in [-0.39, 0.29) is 31.9 Å². The van der Waals surface area contributed by atoms with Crippen LogP contribution in [0.4, 0.5) is 9.18 Å². The van der Waals surface area contributed by atoms with Gasteiger partial charge in [-0.25, -0.2) is 9.59 Å². The molecule has 0 radical (unpaired) electrons. The first kappa shape index (κ1) is 35.5. The number of hydrogen-bond acceptors (Lipinski definition) is 8. The van der Waals surface area contributed by atoms with Crippen LogP contribution in [0.15, 0.2) is 64.3 Å². The van der Waals surface area contributed by atoms with Crippen LogP contribution in [0.3, 0.4) is 0 Å². The number of nitrogens with zero attached hydrogens (tertiary/aromatic N) is 1. The number of carbonyl (C=O) groups is 4. The Kier molecular flexibility index (Phi) is 12.6. The molecule has 0 bridgehead atoms. The van der Waals surface area contributed by atoms with E-state index in [9.17, 15) is 33.2 Å². The Labute approximate surface area is 275 Å². The average Bonchev–Trinajstić information content (AvgIpc) is 3.38. The molecule has 4 rings (SSSR count). The third-order valence-electron chi connectivity index (χ3n) is 8.08. The standard InChI is InChI=1S/C33H40FN7O7/c34-25-17-41(32(46)40-30(25)44)18-28(42)37-16-8-6-13-26(29(36)43)38-31(45)27(14-5-7-15-35)39-33(47)48-19-24-22-11-3-1-9-20(22)21-10-2-4-12-23(21)24/h1-4,9-12,17,24,26-27H,5-8,13-16,18-19,35H2,(H2,36,43)(H,37,42)(H,38,45)(H,39,47)(H,40,44,46)/t26-,27-/m0/s1. The van der Waals surface area contributed by atoms with Crippen LogP contribution in [0.1, 0.15) is 55.6 Å². The van der Waals surface area contributed by atoms with Crippen LogP contribution in [-0.2, 0) is 25.7 Å². The summed E-state index contributed by atoms with van der Waals surface area (Å²) >= 11 is 0. The van der Waals surface area contributed by atoms with Crippen LogP contribution in [0, 0.1) is 5.82 Å². The summed E-state index contributed by atoms with van der Waals surface area (Å²) in [5, 5.41) is 7.81. The van der Waals surface area contributed by atoms with Gasteiger partial charge in [-0.3, -0.25) is 28.7 Å². The lowest BCUT2D eigenvalue weighted by molar-refractivity contribution is -0.128. The molecule has 3 aromatic rings. The highest BCUT2D eigenvalue weighted by molar-refractivity contribution is 5.90. The largest absolute Gasteiger partial charge is 0.449 e. The van der Waals surface area contributed by atoms with Crippen molar-refractivity contribution in [2.24, 2.45) is 11.5 Å². The topological polar surface area (TPSA) is 220 Å². The molecule has 256 valence electrons. The molecule has 0 saturated heterocycles. The van der Waals surface area contributed by atoms with Gasteiger partial charge in [0.2, 0.25) is 23.5 Å². The molecule has 1 heterocycles. The lowest BCUT2D eigenvalue weighted by Crippen LogP contribution is -2.53. The highest BCUT2D eigenvalue weighted by atomic mass is 19.1. The van der Waals surface area contributed by atoms with Crippen molar-refractivity contribution in [3.8, 4) is 11.1 Å². The van der Waals surface area contributed by atoms with Gasteiger partial charge < -0.3 is 32.2 Å². The normalized spacial score (nSPS) is 13.1. The zero-order chi connectivity index (χ0) is 34.6. The van der Waals surface area contributed by atoms with Crippen molar-refractivity contribution < 1.29 is 28.3 Å². The lowest BCUT2D eigenvalue weighted by Gasteiger charge is -2.22. The first-order valence-corrected chi connectivity index (χ1v) is 15.8. The SMILES string of the molecule is NCCCC[C@H](NC(=O)OCC1c2ccccc2-c2ccccc21)C(=O)N[C@@H](CCCCNC(=O)Cn1cc(F)c(=O)[nH]c1=O)C(N)=O. The monoisotopic (exact) mass is 665 g/mol. The van der Waals surface area contributed by atoms with E-state index in [0.29, 0.717) is 38.4 Å². The Morgan fingerprint density at radius 2 is 1.52 bits per heavy atom. The fourth-order valence-corrected chi connectivity index (χ4v) is 5.61. The molecule has 1 aromatic heterocycles. The van der Waals surface area contributed by atoms with Gasteiger partial charge in [-0.2, -0.15) is 4.39 Å². The van der Waals surface area contributed by atoms with Crippen molar-refractivity contribution in [2.75, 3.05) is 19.7 Å². The Morgan fingerprint density at radius 3 is 2.17 bits per heavy atom. The number of nitrogens with one attached hydrogen (secondary N) is 4. The highest BCUT2D eigenvalue weighted by Crippen LogP contribution is 2.44. The van der Waals surface area contributed by atoms with E-state index in [1.807, 2.05) is 48.5 Å². The number of nitrogens with two attached hydrogens (primary N) is 2. The van der Waals surface area contributed by atoms with Crippen molar-refractivity contribution >= 4 is 23.8 Å². The molecule has 15 heteroatoms. The average molecular weight is 666 g/mol. The number of aromatic amines is 1. The second-order valence-electron chi connectivity index (χ2n) is 11.5. The van der Waals surface area contributed by atoms with Crippen molar-refractivity contribution in [3.05, 3.63) is 92.5 Å². The number of H-pyrrole nitrogens is 1. The van der Waals surface area contributed by atoms with Crippen LogP contribution in [0.25, 0.3) is 11.1 Å². The van der Waals surface area contributed by atoms with Gasteiger partial charge in [-0.1, -0.05) is 48.5 Å². The predicted octanol–water partition coefficient (Wildman–Crippen LogP) is 0.969. The Bertz CT molecular complexity index is 1700. The summed E-state index contributed by atoms with van der Waals surface area (Å²) in [7, 11) is 0. The molecule has 0 unspecified atom stereocenters. The highest BCUT2D eigenvalue weighted by Gasteiger charge is 2.30. The van der Waals surface area contributed by atoms with E-state index >= 15 is 0 Å². The molecule has 2 aromatic carbocycles. The number of unbranched alkanes of at least 4 members (excludes halogenated alkanes) is 2. The number of benzene rings is 2. The number of hydrogen-bond donors (Lipinski definition) is 6. The molecule has 1 aliphatic rings. The summed E-state index contributed by atoms with van der Waals surface area (Å²) in [6.07, 6.45) is 2.20. The van der Waals surface area contributed by atoms with E-state index in [0.717, 1.165) is 26.8 Å². The third kappa shape index (κ3) is 9.37. The number of alkyl carbamates (subject to hydrolysis) is 1. The van der Waals surface area contributed by atoms with E-state index in [2.05, 4.69) is 16.0 Å². The van der Waals surface area contributed by atoms with Gasteiger partial charge in [0.1, 0.15) is 25.2 Å². The summed E-state index contributed by atoms with van der Waals surface area (Å²) in [5.74, 6) is -3.32. The van der Waals surface area contributed by atoms with Gasteiger partial charge in [0.25, 0.3) is 5.56 Å². The number of fused-ring (bicyclic) bond motifs is 3. The van der Waals surface area contributed by atoms with Crippen LogP contribution >= 0.6 is 0 Å². The maximum atomic E-state index is 13.4. The van der Waals surface area contributed by atoms with Gasteiger partial charge in [-0.05, 0) is 67.3 Å². The van der Waals surface area contributed by atoms with Crippen molar-refractivity contribution in [3.63, 3.8) is 0 Å². The first-order valence-electron chi connectivity index (χ1n) is 15.8. The number of amides is 4. The van der Waals surface area contributed by atoms with Crippen molar-refractivity contribution in [1.82, 2.24) is 25.5 Å². The van der Waals surface area contributed by atoms with Crippen LogP contribution < -0.4 is 38.7 Å². The maximum absolute atomic E-state index is 13.4. The smallest absolute Gasteiger partial charge is 0.407 e. The molecule has 8 N–H and O–H groups in total. The van der Waals surface area contributed by atoms with E-state index in [1.165, 1.54) is 0 Å². The number of halogens is 1. The fraction of sp³-hybridized carbons (Fsp3) is 0.394.